The number of nitrogens with zero attached hydrogens (tertiary/aromatic N) is 1. The number of hydrogen-bond donors (Lipinski definition) is 0. The summed E-state index contributed by atoms with van der Waals surface area (Å²) in [6, 6.07) is 34.2. The van der Waals surface area contributed by atoms with Crippen molar-refractivity contribution in [3.8, 4) is 11.1 Å². The molecule has 0 aliphatic heterocycles. The Morgan fingerprint density at radius 2 is 0.908 bits per heavy atom. The average Bonchev–Trinajstić information content (AvgIpc) is 3.30. The van der Waals surface area contributed by atoms with Crippen molar-refractivity contribution in [1.29, 1.82) is 0 Å². The van der Waals surface area contributed by atoms with Crippen LogP contribution < -0.4 is 25.7 Å². The highest BCUT2D eigenvalue weighted by atomic mass is 32.1. The normalized spacial score (nSPS) is 13.2. The lowest BCUT2D eigenvalue weighted by Gasteiger charge is -2.37. The van der Waals surface area contributed by atoms with Gasteiger partial charge in [-0.25, -0.2) is 0 Å². The summed E-state index contributed by atoms with van der Waals surface area (Å²) in [5, 5.41) is 2.85. The highest BCUT2D eigenvalue weighted by Gasteiger charge is 2.41. The molecule has 0 aliphatic carbocycles. The number of alkyl halides is 6. The van der Waals surface area contributed by atoms with E-state index in [0.717, 1.165) is 76.0 Å². The molecule has 0 fully saturated rings. The van der Waals surface area contributed by atoms with Gasteiger partial charge in [0.25, 0.3) is 0 Å². The molecule has 0 bridgehead atoms. The van der Waals surface area contributed by atoms with Crippen molar-refractivity contribution >= 4 is 58.8 Å². The van der Waals surface area contributed by atoms with Gasteiger partial charge in [0.2, 0.25) is 0 Å². The third-order valence-electron chi connectivity index (χ3n) is 13.6. The average molecular weight is 974 g/mol. The van der Waals surface area contributed by atoms with Crippen molar-refractivity contribution < 1.29 is 26.3 Å². The van der Waals surface area contributed by atoms with Gasteiger partial charge >= 0.3 is 12.4 Å². The van der Waals surface area contributed by atoms with Crippen LogP contribution in [0.2, 0.25) is 36.3 Å². The molecule has 4 aromatic carbocycles. The molecule has 1 nitrogen and oxygen atoms in total. The summed E-state index contributed by atoms with van der Waals surface area (Å²) < 4.78 is 94.5. The second kappa shape index (κ2) is 26.9. The number of rotatable bonds is 29. The van der Waals surface area contributed by atoms with Gasteiger partial charge in [-0.15, -0.1) is 0 Å². The van der Waals surface area contributed by atoms with Crippen LogP contribution in [0, 0.1) is 0 Å². The van der Waals surface area contributed by atoms with Crippen molar-refractivity contribution in [1.82, 2.24) is 0 Å². The van der Waals surface area contributed by atoms with Gasteiger partial charge in [-0.2, -0.15) is 26.3 Å². The smallest absolute Gasteiger partial charge is 0.343 e. The lowest BCUT2D eigenvalue weighted by atomic mass is 9.99. The van der Waals surface area contributed by atoms with Crippen molar-refractivity contribution in [2.75, 3.05) is 11.2 Å². The minimum absolute atomic E-state index is 0.0583. The molecule has 0 amide bonds. The van der Waals surface area contributed by atoms with Gasteiger partial charge in [-0.1, -0.05) is 251 Å². The Bertz CT molecular complexity index is 1920. The Morgan fingerprint density at radius 1 is 0.477 bits per heavy atom. The number of halogens is 6. The van der Waals surface area contributed by atoms with Gasteiger partial charge in [0.05, 0.1) is 27.3 Å². The molecule has 0 N–H and O–H groups in total. The van der Waals surface area contributed by atoms with E-state index >= 15 is 26.3 Å². The van der Waals surface area contributed by atoms with Gasteiger partial charge in [0.1, 0.15) is 0 Å². The summed E-state index contributed by atoms with van der Waals surface area (Å²) in [6.45, 7) is 15.9. The fourth-order valence-corrected chi connectivity index (χ4v) is 26.8. The van der Waals surface area contributed by atoms with E-state index in [2.05, 4.69) is 77.9 Å². The maximum absolute atomic E-state index is 15.8. The monoisotopic (exact) mass is 974 g/mol. The van der Waals surface area contributed by atoms with Gasteiger partial charge in [0, 0.05) is 25.3 Å². The molecule has 65 heavy (non-hydrogen) atoms. The summed E-state index contributed by atoms with van der Waals surface area (Å²) in [5.41, 5.74) is -0.141. The molecule has 4 aromatic rings. The number of anilines is 1. The van der Waals surface area contributed by atoms with Crippen LogP contribution in [0.1, 0.15) is 149 Å². The van der Waals surface area contributed by atoms with E-state index in [1.54, 1.807) is 18.2 Å². The largest absolute Gasteiger partial charge is 0.417 e. The molecule has 2 atom stereocenters. The molecule has 0 aromatic heterocycles. The van der Waals surface area contributed by atoms with Crippen molar-refractivity contribution in [2.45, 2.75) is 187 Å². The molecule has 0 saturated carbocycles. The summed E-state index contributed by atoms with van der Waals surface area (Å²) in [7, 11) is -6.31. The Balaban J connectivity index is 1.93. The second-order valence-electron chi connectivity index (χ2n) is 18.4. The van der Waals surface area contributed by atoms with Gasteiger partial charge < -0.3 is 4.67 Å². The highest BCUT2D eigenvalue weighted by molar-refractivity contribution is 8.28. The third-order valence-corrected chi connectivity index (χ3v) is 30.0. The van der Waals surface area contributed by atoms with Crippen LogP contribution in [0.3, 0.4) is 0 Å². The first kappa shape index (κ1) is 55.2. The zero-order valence-electron chi connectivity index (χ0n) is 40.7. The number of hydrogen-bond acceptors (Lipinski definition) is 1. The number of unbranched alkanes of at least 4 members (excludes halogenated alkanes) is 7. The lowest BCUT2D eigenvalue weighted by molar-refractivity contribution is -0.137. The van der Waals surface area contributed by atoms with E-state index in [1.165, 1.54) is 84.1 Å². The molecule has 0 spiro atoms. The minimum Gasteiger partial charge on any atom is -0.343 e. The molecule has 360 valence electrons. The maximum atomic E-state index is 15.8. The first-order chi connectivity index (χ1) is 31.2. The number of benzene rings is 4. The minimum atomic E-state index is -4.73. The lowest BCUT2D eigenvalue weighted by Crippen LogP contribution is -2.47. The van der Waals surface area contributed by atoms with E-state index in [9.17, 15) is 0 Å². The Hall–Kier alpha value is -2.45. The topological polar surface area (TPSA) is 3.24 Å². The molecular weight excluding hydrogens is 895 g/mol. The van der Waals surface area contributed by atoms with Crippen LogP contribution in [0.15, 0.2) is 91.0 Å². The van der Waals surface area contributed by atoms with E-state index < -0.39 is 55.7 Å². The molecule has 0 heterocycles. The molecule has 0 saturated heterocycles. The van der Waals surface area contributed by atoms with Crippen LogP contribution in [0.5, 0.6) is 0 Å². The first-order valence-electron chi connectivity index (χ1n) is 25.1. The van der Waals surface area contributed by atoms with Crippen LogP contribution in [-0.2, 0) is 12.4 Å². The van der Waals surface area contributed by atoms with Crippen molar-refractivity contribution in [2.24, 2.45) is 0 Å². The fourth-order valence-electron chi connectivity index (χ4n) is 9.80. The summed E-state index contributed by atoms with van der Waals surface area (Å²) in [6.07, 6.45) is 5.81. The first-order valence-corrected chi connectivity index (χ1v) is 33.5. The molecule has 0 aliphatic rings. The van der Waals surface area contributed by atoms with Gasteiger partial charge in [-0.3, -0.25) is 0 Å². The zero-order valence-corrected chi connectivity index (χ0v) is 44.6. The summed E-state index contributed by atoms with van der Waals surface area (Å²) in [5.74, 6) is 0. The summed E-state index contributed by atoms with van der Waals surface area (Å²) in [4.78, 5) is 0. The molecule has 4 rings (SSSR count). The standard InChI is InChI=1S/C54H79F6NP2Si2/c1-8-15-37-61(45-31-35-47(36-32-45)65(41-19-12-5,42-20-13-6)43-21-14-7)63(51-28-23-22-26-49(51)53(55,56)57)62-50-27-24-25-48(52(50)54(58,59)60)44-29-33-46(34-30-44)64(38-16-9-2,39-17-10-3)40-18-11-4/h22-36,62H,8-21,37-43H2,1-7H3. The van der Waals surface area contributed by atoms with E-state index in [4.69, 9.17) is 0 Å². The SMILES string of the molecule is CCCCN(c1ccc([Si](CCCC)(CCCC)CCCC)cc1)P(Pc1cccc(-c2ccc([Si](CCCC)(CCCC)CCCC)cc2)c1C(F)(F)F)c1ccccc1C(F)(F)F. The van der Waals surface area contributed by atoms with Crippen LogP contribution >= 0.6 is 16.0 Å². The van der Waals surface area contributed by atoms with Gasteiger partial charge in [-0.05, 0) is 49.3 Å². The van der Waals surface area contributed by atoms with Crippen molar-refractivity contribution in [3.63, 3.8) is 0 Å². The van der Waals surface area contributed by atoms with Crippen LogP contribution in [-0.4, -0.2) is 22.7 Å². The Labute approximate surface area is 394 Å². The predicted octanol–water partition coefficient (Wildman–Crippen LogP) is 17.8. The van der Waals surface area contributed by atoms with E-state index in [1.807, 2.05) is 23.7 Å². The molecule has 11 heteroatoms. The predicted molar refractivity (Wildman–Crippen MR) is 281 cm³/mol. The van der Waals surface area contributed by atoms with E-state index in [0.29, 0.717) is 18.5 Å². The maximum Gasteiger partial charge on any atom is 0.417 e. The highest BCUT2D eigenvalue weighted by Crippen LogP contribution is 2.61. The van der Waals surface area contributed by atoms with Gasteiger partial charge in [0.15, 0.2) is 0 Å². The zero-order chi connectivity index (χ0) is 47.5. The molecule has 0 radical (unpaired) electrons. The van der Waals surface area contributed by atoms with Crippen molar-refractivity contribution in [3.05, 3.63) is 102 Å². The van der Waals surface area contributed by atoms with Crippen LogP contribution in [0.25, 0.3) is 11.1 Å². The molecular formula is C54H79F6NP2Si2. The molecule has 2 unspecified atom stereocenters. The Kier molecular flexibility index (Phi) is 22.8. The van der Waals surface area contributed by atoms with Crippen LogP contribution in [0.4, 0.5) is 32.0 Å². The Morgan fingerprint density at radius 3 is 1.32 bits per heavy atom. The second-order valence-corrected chi connectivity index (χ2v) is 32.0. The summed E-state index contributed by atoms with van der Waals surface area (Å²) >= 11 is 0. The van der Waals surface area contributed by atoms with E-state index in [-0.39, 0.29) is 16.2 Å². The third kappa shape index (κ3) is 15.0. The quantitative estimate of drug-likeness (QED) is 0.0298. The fraction of sp³-hybridized carbons (Fsp3) is 0.556.